The number of aromatic nitrogens is 1. The third-order valence-corrected chi connectivity index (χ3v) is 4.43. The molecule has 2 heterocycles. The predicted octanol–water partition coefficient (Wildman–Crippen LogP) is 3.14. The minimum atomic E-state index is -0.339. The predicted molar refractivity (Wildman–Crippen MR) is 86.6 cm³/mol. The molecule has 0 saturated carbocycles. The lowest BCUT2D eigenvalue weighted by atomic mass is 9.88. The molecule has 0 aromatic carbocycles. The maximum atomic E-state index is 6.13. The fourth-order valence-electron chi connectivity index (χ4n) is 2.25. The summed E-state index contributed by atoms with van der Waals surface area (Å²) in [5.41, 5.74) is 7.61. The molecule has 1 aromatic heterocycles. The minimum Gasteiger partial charge on any atom is -0.400 e. The van der Waals surface area contributed by atoms with Gasteiger partial charge in [-0.15, -0.1) is 0 Å². The van der Waals surface area contributed by atoms with Gasteiger partial charge in [-0.2, -0.15) is 0 Å². The molecule has 114 valence electrons. The average molecular weight is 288 g/mol. The zero-order valence-electron chi connectivity index (χ0n) is 13.6. The Morgan fingerprint density at radius 2 is 1.90 bits per heavy atom. The summed E-state index contributed by atoms with van der Waals surface area (Å²) in [7, 11) is -0.339. The Morgan fingerprint density at radius 3 is 2.48 bits per heavy atom. The van der Waals surface area contributed by atoms with Gasteiger partial charge in [-0.3, -0.25) is 4.98 Å². The Balaban J connectivity index is 2.17. The maximum Gasteiger partial charge on any atom is 0.487 e. The summed E-state index contributed by atoms with van der Waals surface area (Å²) in [5.74, 6) is 1.94. The van der Waals surface area contributed by atoms with E-state index in [1.807, 2.05) is 52.0 Å². The lowest BCUT2D eigenvalue weighted by molar-refractivity contribution is 0.00578. The highest BCUT2D eigenvalue weighted by molar-refractivity contribution is 6.52. The van der Waals surface area contributed by atoms with Crippen molar-refractivity contribution in [2.75, 3.05) is 0 Å². The van der Waals surface area contributed by atoms with Crippen LogP contribution in [0.4, 0.5) is 0 Å². The van der Waals surface area contributed by atoms with Crippen LogP contribution in [0.25, 0.3) is 6.08 Å². The molecule has 1 saturated heterocycles. The van der Waals surface area contributed by atoms with Gasteiger partial charge in [0.25, 0.3) is 0 Å². The van der Waals surface area contributed by atoms with Crippen LogP contribution in [0.5, 0.6) is 0 Å². The van der Waals surface area contributed by atoms with E-state index in [9.17, 15) is 0 Å². The third kappa shape index (κ3) is 3.36. The first-order chi connectivity index (χ1) is 9.77. The molecule has 1 aromatic rings. The molecule has 0 unspecified atom stereocenters. The largest absolute Gasteiger partial charge is 0.487 e. The molecule has 1 aliphatic heterocycles. The van der Waals surface area contributed by atoms with Gasteiger partial charge < -0.3 is 15.0 Å². The Kier molecular flexibility index (Phi) is 4.56. The lowest BCUT2D eigenvalue weighted by Crippen LogP contribution is -2.41. The van der Waals surface area contributed by atoms with Crippen LogP contribution in [0.15, 0.2) is 24.4 Å². The molecule has 1 aliphatic rings. The van der Waals surface area contributed by atoms with Crippen molar-refractivity contribution in [2.45, 2.75) is 58.3 Å². The van der Waals surface area contributed by atoms with E-state index < -0.39 is 0 Å². The second kappa shape index (κ2) is 5.91. The highest BCUT2D eigenvalue weighted by atomic mass is 16.7. The van der Waals surface area contributed by atoms with Crippen molar-refractivity contribution in [3.8, 4) is 0 Å². The zero-order chi connectivity index (χ0) is 15.7. The summed E-state index contributed by atoms with van der Waals surface area (Å²) in [5, 5.41) is 0. The van der Waals surface area contributed by atoms with Crippen molar-refractivity contribution in [1.82, 2.24) is 4.98 Å². The highest BCUT2D eigenvalue weighted by Crippen LogP contribution is 2.37. The first kappa shape index (κ1) is 16.2. The summed E-state index contributed by atoms with van der Waals surface area (Å²) in [6.07, 6.45) is 6.49. The number of hydrogen-bond acceptors (Lipinski definition) is 4. The summed E-state index contributed by atoms with van der Waals surface area (Å²) < 4.78 is 11.9. The van der Waals surface area contributed by atoms with Crippen molar-refractivity contribution in [3.05, 3.63) is 35.6 Å². The SMILES string of the molecule is CC[C@H](N)c1cnccc1/C=C/B1OC(C)(C)C(C)(C)O1. The molecular weight excluding hydrogens is 263 g/mol. The number of hydrogen-bond donors (Lipinski definition) is 1. The average Bonchev–Trinajstić information content (AvgIpc) is 2.64. The molecule has 1 atom stereocenters. The fourth-order valence-corrected chi connectivity index (χ4v) is 2.25. The Labute approximate surface area is 127 Å². The van der Waals surface area contributed by atoms with E-state index in [1.54, 1.807) is 6.20 Å². The minimum absolute atomic E-state index is 0.00310. The van der Waals surface area contributed by atoms with Crippen LogP contribution >= 0.6 is 0 Å². The number of pyridine rings is 1. The molecule has 0 aliphatic carbocycles. The van der Waals surface area contributed by atoms with Crippen LogP contribution in [0.2, 0.25) is 0 Å². The molecule has 5 heteroatoms. The lowest BCUT2D eigenvalue weighted by Gasteiger charge is -2.32. The van der Waals surface area contributed by atoms with Crippen LogP contribution in [0, 0.1) is 0 Å². The first-order valence-electron chi connectivity index (χ1n) is 7.50. The van der Waals surface area contributed by atoms with E-state index in [0.29, 0.717) is 0 Å². The van der Waals surface area contributed by atoms with Gasteiger partial charge in [0.2, 0.25) is 0 Å². The second-order valence-corrected chi connectivity index (χ2v) is 6.50. The molecular formula is C16H25BN2O2. The van der Waals surface area contributed by atoms with Gasteiger partial charge in [0.05, 0.1) is 11.2 Å². The van der Waals surface area contributed by atoms with Gasteiger partial charge >= 0.3 is 7.12 Å². The quantitative estimate of drug-likeness (QED) is 0.865. The van der Waals surface area contributed by atoms with E-state index in [1.165, 1.54) is 0 Å². The summed E-state index contributed by atoms with van der Waals surface area (Å²) in [6, 6.07) is 1.96. The van der Waals surface area contributed by atoms with E-state index in [2.05, 4.69) is 11.9 Å². The molecule has 0 spiro atoms. The summed E-state index contributed by atoms with van der Waals surface area (Å²) in [4.78, 5) is 4.16. The normalized spacial score (nSPS) is 21.9. The summed E-state index contributed by atoms with van der Waals surface area (Å²) >= 11 is 0. The topological polar surface area (TPSA) is 57.4 Å². The van der Waals surface area contributed by atoms with E-state index in [-0.39, 0.29) is 24.4 Å². The first-order valence-corrected chi connectivity index (χ1v) is 7.50. The smallest absolute Gasteiger partial charge is 0.400 e. The van der Waals surface area contributed by atoms with Crippen LogP contribution < -0.4 is 5.73 Å². The van der Waals surface area contributed by atoms with Crippen molar-refractivity contribution >= 4 is 13.2 Å². The standard InChI is InChI=1S/C16H25BN2O2/c1-6-14(18)13-11-19-10-8-12(13)7-9-17-20-15(2,3)16(4,5)21-17/h7-11,14H,6,18H2,1-5H3/b9-7+/t14-/m0/s1. The number of nitrogens with two attached hydrogens (primary N) is 1. The molecule has 0 amide bonds. The van der Waals surface area contributed by atoms with Gasteiger partial charge in [-0.1, -0.05) is 19.0 Å². The Hall–Kier alpha value is -1.17. The van der Waals surface area contributed by atoms with E-state index in [0.717, 1.165) is 17.5 Å². The number of rotatable bonds is 4. The van der Waals surface area contributed by atoms with E-state index >= 15 is 0 Å². The van der Waals surface area contributed by atoms with Crippen LogP contribution in [0.1, 0.15) is 58.2 Å². The van der Waals surface area contributed by atoms with Gasteiger partial charge in [0, 0.05) is 18.4 Å². The molecule has 2 N–H and O–H groups in total. The van der Waals surface area contributed by atoms with Crippen molar-refractivity contribution in [1.29, 1.82) is 0 Å². The Bertz CT molecular complexity index is 513. The monoisotopic (exact) mass is 288 g/mol. The second-order valence-electron chi connectivity index (χ2n) is 6.50. The van der Waals surface area contributed by atoms with Crippen molar-refractivity contribution in [3.63, 3.8) is 0 Å². The van der Waals surface area contributed by atoms with Crippen LogP contribution in [0.3, 0.4) is 0 Å². The molecule has 1 fully saturated rings. The zero-order valence-corrected chi connectivity index (χ0v) is 13.6. The van der Waals surface area contributed by atoms with Gasteiger partial charge in [0.15, 0.2) is 0 Å². The van der Waals surface area contributed by atoms with E-state index in [4.69, 9.17) is 15.0 Å². The van der Waals surface area contributed by atoms with Crippen molar-refractivity contribution in [2.24, 2.45) is 5.73 Å². The molecule has 2 rings (SSSR count). The molecule has 0 bridgehead atoms. The summed E-state index contributed by atoms with van der Waals surface area (Å²) in [6.45, 7) is 10.3. The maximum absolute atomic E-state index is 6.13. The molecule has 0 radical (unpaired) electrons. The number of nitrogens with zero attached hydrogens (tertiary/aromatic N) is 1. The van der Waals surface area contributed by atoms with Gasteiger partial charge in [0.1, 0.15) is 0 Å². The van der Waals surface area contributed by atoms with Gasteiger partial charge in [-0.05, 0) is 51.3 Å². The highest BCUT2D eigenvalue weighted by Gasteiger charge is 2.49. The van der Waals surface area contributed by atoms with Crippen molar-refractivity contribution < 1.29 is 9.31 Å². The molecule has 4 nitrogen and oxygen atoms in total. The molecule has 21 heavy (non-hydrogen) atoms. The van der Waals surface area contributed by atoms with Crippen LogP contribution in [-0.4, -0.2) is 23.3 Å². The Morgan fingerprint density at radius 1 is 1.29 bits per heavy atom. The third-order valence-electron chi connectivity index (χ3n) is 4.43. The van der Waals surface area contributed by atoms with Crippen LogP contribution in [-0.2, 0) is 9.31 Å². The van der Waals surface area contributed by atoms with Gasteiger partial charge in [-0.25, -0.2) is 0 Å². The fraction of sp³-hybridized carbons (Fsp3) is 0.562.